The van der Waals surface area contributed by atoms with Crippen LogP contribution in [0, 0.1) is 0 Å². The van der Waals surface area contributed by atoms with E-state index in [-0.39, 0.29) is 5.75 Å². The van der Waals surface area contributed by atoms with E-state index in [4.69, 9.17) is 9.94 Å². The molecule has 1 aliphatic heterocycles. The highest BCUT2D eigenvalue weighted by molar-refractivity contribution is 5.67. The van der Waals surface area contributed by atoms with Gasteiger partial charge in [-0.15, -0.1) is 5.06 Å². The molecule has 0 saturated carbocycles. The Balaban J connectivity index is 2.22. The molecule has 3 nitrogen and oxygen atoms in total. The minimum Gasteiger partial charge on any atom is -0.508 e. The minimum atomic E-state index is 0.289. The van der Waals surface area contributed by atoms with E-state index in [0.717, 1.165) is 17.7 Å². The number of nitrogens with zero attached hydrogens (tertiary/aromatic N) is 1. The highest BCUT2D eigenvalue weighted by Crippen LogP contribution is 2.22. The van der Waals surface area contributed by atoms with E-state index in [0.29, 0.717) is 0 Å². The molecule has 1 heterocycles. The number of phenols is 1. The predicted octanol–water partition coefficient (Wildman–Crippen LogP) is 1.61. The fourth-order valence-corrected chi connectivity index (χ4v) is 1.30. The van der Waals surface area contributed by atoms with Gasteiger partial charge in [0.15, 0.2) is 0 Å². The number of likely N-dealkylation sites (N-methyl/N-ethyl adjacent to an activating group) is 1. The summed E-state index contributed by atoms with van der Waals surface area (Å²) in [6.45, 7) is 0.783. The molecule has 0 radical (unpaired) electrons. The second kappa shape index (κ2) is 3.11. The van der Waals surface area contributed by atoms with E-state index < -0.39 is 0 Å². The molecule has 0 fully saturated rings. The molecular weight excluding hydrogens is 166 g/mol. The van der Waals surface area contributed by atoms with Crippen molar-refractivity contribution in [1.82, 2.24) is 5.06 Å². The van der Waals surface area contributed by atoms with Crippen LogP contribution in [0.25, 0.3) is 5.57 Å². The molecule has 0 unspecified atom stereocenters. The van der Waals surface area contributed by atoms with Crippen molar-refractivity contribution in [2.45, 2.75) is 0 Å². The summed E-state index contributed by atoms with van der Waals surface area (Å²) in [6, 6.07) is 7.11. The first-order valence-electron chi connectivity index (χ1n) is 4.12. The Labute approximate surface area is 76.8 Å². The molecule has 1 aromatic carbocycles. The third-order valence-electron chi connectivity index (χ3n) is 2.01. The maximum absolute atomic E-state index is 9.09. The SMILES string of the molecule is CN1CC(c2ccc(O)cc2)=CO1. The van der Waals surface area contributed by atoms with Crippen molar-refractivity contribution in [3.63, 3.8) is 0 Å². The second-order valence-electron chi connectivity index (χ2n) is 3.08. The zero-order chi connectivity index (χ0) is 9.26. The van der Waals surface area contributed by atoms with Crippen LogP contribution in [0.3, 0.4) is 0 Å². The van der Waals surface area contributed by atoms with E-state index in [1.54, 1.807) is 23.5 Å². The Morgan fingerprint density at radius 3 is 2.54 bits per heavy atom. The standard InChI is InChI=1S/C10H11NO2/c1-11-6-9(7-13-11)8-2-4-10(12)5-3-8/h2-5,7,12H,6H2,1H3. The van der Waals surface area contributed by atoms with Crippen molar-refractivity contribution < 1.29 is 9.94 Å². The normalized spacial score (nSPS) is 16.8. The van der Waals surface area contributed by atoms with Gasteiger partial charge in [0, 0.05) is 12.6 Å². The Morgan fingerprint density at radius 1 is 1.31 bits per heavy atom. The molecular formula is C10H11NO2. The molecule has 0 bridgehead atoms. The molecule has 0 amide bonds. The van der Waals surface area contributed by atoms with Crippen LogP contribution in [-0.2, 0) is 4.84 Å². The van der Waals surface area contributed by atoms with Gasteiger partial charge in [-0.1, -0.05) is 12.1 Å². The summed E-state index contributed by atoms with van der Waals surface area (Å²) >= 11 is 0. The summed E-state index contributed by atoms with van der Waals surface area (Å²) in [4.78, 5) is 5.16. The summed E-state index contributed by atoms with van der Waals surface area (Å²) in [7, 11) is 1.88. The summed E-state index contributed by atoms with van der Waals surface area (Å²) in [6.07, 6.45) is 1.73. The maximum atomic E-state index is 9.09. The van der Waals surface area contributed by atoms with Crippen molar-refractivity contribution in [3.05, 3.63) is 36.1 Å². The van der Waals surface area contributed by atoms with E-state index in [9.17, 15) is 0 Å². The molecule has 13 heavy (non-hydrogen) atoms. The van der Waals surface area contributed by atoms with Crippen LogP contribution in [0.5, 0.6) is 5.75 Å². The number of hydrogen-bond donors (Lipinski definition) is 1. The maximum Gasteiger partial charge on any atom is 0.116 e. The largest absolute Gasteiger partial charge is 0.508 e. The average molecular weight is 177 g/mol. The van der Waals surface area contributed by atoms with Gasteiger partial charge in [-0.3, -0.25) is 0 Å². The first-order valence-corrected chi connectivity index (χ1v) is 4.12. The Hall–Kier alpha value is -1.48. The zero-order valence-corrected chi connectivity index (χ0v) is 7.40. The number of hydroxylamine groups is 2. The molecule has 0 aliphatic carbocycles. The van der Waals surface area contributed by atoms with Crippen LogP contribution in [0.4, 0.5) is 0 Å². The molecule has 1 N–H and O–H groups in total. The lowest BCUT2D eigenvalue weighted by molar-refractivity contribution is -0.0490. The molecule has 0 saturated heterocycles. The highest BCUT2D eigenvalue weighted by atomic mass is 16.7. The fourth-order valence-electron chi connectivity index (χ4n) is 1.30. The van der Waals surface area contributed by atoms with Crippen LogP contribution >= 0.6 is 0 Å². The molecule has 68 valence electrons. The highest BCUT2D eigenvalue weighted by Gasteiger charge is 2.12. The van der Waals surface area contributed by atoms with Crippen molar-refractivity contribution in [2.75, 3.05) is 13.6 Å². The molecule has 3 heteroatoms. The van der Waals surface area contributed by atoms with Crippen LogP contribution in [0.15, 0.2) is 30.5 Å². The van der Waals surface area contributed by atoms with Crippen molar-refractivity contribution in [1.29, 1.82) is 0 Å². The van der Waals surface area contributed by atoms with Crippen LogP contribution in [-0.4, -0.2) is 23.8 Å². The first-order chi connectivity index (χ1) is 6.25. The van der Waals surface area contributed by atoms with Gasteiger partial charge in [0.1, 0.15) is 12.0 Å². The average Bonchev–Trinajstić information content (AvgIpc) is 2.53. The number of phenolic OH excluding ortho intramolecular Hbond substituents is 1. The smallest absolute Gasteiger partial charge is 0.116 e. The van der Waals surface area contributed by atoms with E-state index in [2.05, 4.69) is 0 Å². The van der Waals surface area contributed by atoms with Crippen LogP contribution in [0.2, 0.25) is 0 Å². The summed E-state index contributed by atoms with van der Waals surface area (Å²) < 4.78 is 0. The van der Waals surface area contributed by atoms with Gasteiger partial charge in [-0.05, 0) is 17.7 Å². The van der Waals surface area contributed by atoms with Gasteiger partial charge in [0.2, 0.25) is 0 Å². The molecule has 0 atom stereocenters. The van der Waals surface area contributed by atoms with Gasteiger partial charge in [0.25, 0.3) is 0 Å². The first kappa shape index (κ1) is 8.13. The van der Waals surface area contributed by atoms with Crippen LogP contribution < -0.4 is 0 Å². The Morgan fingerprint density at radius 2 is 2.00 bits per heavy atom. The Kier molecular flexibility index (Phi) is 1.94. The number of benzene rings is 1. The van der Waals surface area contributed by atoms with Gasteiger partial charge >= 0.3 is 0 Å². The third-order valence-corrected chi connectivity index (χ3v) is 2.01. The van der Waals surface area contributed by atoms with Gasteiger partial charge < -0.3 is 9.94 Å². The molecule has 0 aromatic heterocycles. The van der Waals surface area contributed by atoms with Crippen molar-refractivity contribution >= 4 is 5.57 Å². The lowest BCUT2D eigenvalue weighted by Gasteiger charge is -2.05. The lowest BCUT2D eigenvalue weighted by atomic mass is 10.1. The summed E-state index contributed by atoms with van der Waals surface area (Å²) in [5, 5.41) is 10.8. The zero-order valence-electron chi connectivity index (χ0n) is 7.40. The van der Waals surface area contributed by atoms with Gasteiger partial charge in [-0.2, -0.15) is 0 Å². The van der Waals surface area contributed by atoms with Crippen molar-refractivity contribution in [3.8, 4) is 5.75 Å². The topological polar surface area (TPSA) is 32.7 Å². The molecule has 1 aliphatic rings. The van der Waals surface area contributed by atoms with Gasteiger partial charge in [0.05, 0.1) is 6.54 Å². The Bertz CT molecular complexity index is 329. The summed E-state index contributed by atoms with van der Waals surface area (Å²) in [5.41, 5.74) is 2.21. The lowest BCUT2D eigenvalue weighted by Crippen LogP contribution is -2.11. The predicted molar refractivity (Wildman–Crippen MR) is 49.8 cm³/mol. The molecule has 2 rings (SSSR count). The summed E-state index contributed by atoms with van der Waals surface area (Å²) in [5.74, 6) is 0.289. The molecule has 1 aromatic rings. The second-order valence-corrected chi connectivity index (χ2v) is 3.08. The van der Waals surface area contributed by atoms with E-state index >= 15 is 0 Å². The number of hydrogen-bond acceptors (Lipinski definition) is 3. The van der Waals surface area contributed by atoms with Crippen LogP contribution in [0.1, 0.15) is 5.56 Å². The third kappa shape index (κ3) is 1.65. The number of rotatable bonds is 1. The monoisotopic (exact) mass is 177 g/mol. The molecule has 0 spiro atoms. The number of aromatic hydroxyl groups is 1. The minimum absolute atomic E-state index is 0.289. The van der Waals surface area contributed by atoms with E-state index in [1.807, 2.05) is 19.2 Å². The fraction of sp³-hybridized carbons (Fsp3) is 0.200. The quantitative estimate of drug-likeness (QED) is 0.707. The van der Waals surface area contributed by atoms with Gasteiger partial charge in [-0.25, -0.2) is 0 Å². The van der Waals surface area contributed by atoms with Crippen molar-refractivity contribution in [2.24, 2.45) is 0 Å². The van der Waals surface area contributed by atoms with E-state index in [1.165, 1.54) is 0 Å².